The lowest BCUT2D eigenvalue weighted by molar-refractivity contribution is 0.0696. The molecule has 1 N–H and O–H groups in total. The molecule has 0 aliphatic carbocycles. The third-order valence-corrected chi connectivity index (χ3v) is 2.53. The van der Waals surface area contributed by atoms with Crippen LogP contribution in [0.15, 0.2) is 34.9 Å². The van der Waals surface area contributed by atoms with E-state index < -0.39 is 5.97 Å². The number of benzene rings is 1. The second-order valence-corrected chi connectivity index (χ2v) is 4.45. The fourth-order valence-corrected chi connectivity index (χ4v) is 1.53. The van der Waals surface area contributed by atoms with Gasteiger partial charge in [-0.15, -0.1) is 0 Å². The second-order valence-electron chi connectivity index (χ2n) is 4.45. The van der Waals surface area contributed by atoms with E-state index in [1.54, 1.807) is 18.4 Å². The lowest BCUT2D eigenvalue weighted by atomic mass is 10.2. The van der Waals surface area contributed by atoms with Crippen LogP contribution >= 0.6 is 0 Å². The summed E-state index contributed by atoms with van der Waals surface area (Å²) in [5.41, 5.74) is 0.880. The van der Waals surface area contributed by atoms with Gasteiger partial charge in [0.15, 0.2) is 5.89 Å². The summed E-state index contributed by atoms with van der Waals surface area (Å²) >= 11 is 0. The van der Waals surface area contributed by atoms with Crippen LogP contribution in [0.2, 0.25) is 0 Å². The van der Waals surface area contributed by atoms with Crippen molar-refractivity contribution in [3.05, 3.63) is 47.7 Å². The number of carbonyl (C=O) groups is 1. The minimum Gasteiger partial charge on any atom is -0.487 e. The van der Waals surface area contributed by atoms with Crippen LogP contribution in [0.5, 0.6) is 5.75 Å². The maximum atomic E-state index is 10.8. The van der Waals surface area contributed by atoms with Gasteiger partial charge in [0.05, 0.1) is 5.56 Å². The lowest BCUT2D eigenvalue weighted by Crippen LogP contribution is -1.99. The molecule has 0 bridgehead atoms. The average molecular weight is 261 g/mol. The van der Waals surface area contributed by atoms with Gasteiger partial charge in [0.2, 0.25) is 0 Å². The van der Waals surface area contributed by atoms with Crippen molar-refractivity contribution < 1.29 is 19.1 Å². The zero-order valence-electron chi connectivity index (χ0n) is 10.8. The predicted octanol–water partition coefficient (Wildman–Crippen LogP) is 3.08. The molecule has 2 aromatic rings. The molecule has 1 aromatic heterocycles. The summed E-state index contributed by atoms with van der Waals surface area (Å²) < 4.78 is 10.8. The Kier molecular flexibility index (Phi) is 3.85. The van der Waals surface area contributed by atoms with Gasteiger partial charge in [-0.1, -0.05) is 19.9 Å². The number of ether oxygens (including phenoxy) is 1. The molecule has 0 radical (unpaired) electrons. The molecule has 0 saturated carbocycles. The van der Waals surface area contributed by atoms with E-state index in [0.29, 0.717) is 17.3 Å². The van der Waals surface area contributed by atoms with Crippen LogP contribution in [0.3, 0.4) is 0 Å². The highest BCUT2D eigenvalue weighted by atomic mass is 16.5. The summed E-state index contributed by atoms with van der Waals surface area (Å²) in [6, 6.07) is 6.34. The van der Waals surface area contributed by atoms with Gasteiger partial charge >= 0.3 is 5.97 Å². The van der Waals surface area contributed by atoms with Crippen molar-refractivity contribution in [2.24, 2.45) is 0 Å². The Bertz CT molecular complexity index is 574. The van der Waals surface area contributed by atoms with Crippen LogP contribution in [0, 0.1) is 0 Å². The topological polar surface area (TPSA) is 72.6 Å². The Morgan fingerprint density at radius 3 is 2.89 bits per heavy atom. The first kappa shape index (κ1) is 13.1. The molecule has 1 heterocycles. The Hall–Kier alpha value is -2.30. The Morgan fingerprint density at radius 1 is 1.47 bits per heavy atom. The monoisotopic (exact) mass is 261 g/mol. The number of aromatic nitrogens is 1. The quantitative estimate of drug-likeness (QED) is 0.895. The smallest absolute Gasteiger partial charge is 0.335 e. The maximum absolute atomic E-state index is 10.8. The van der Waals surface area contributed by atoms with Crippen LogP contribution in [-0.4, -0.2) is 16.1 Å². The van der Waals surface area contributed by atoms with Crippen LogP contribution < -0.4 is 4.74 Å². The highest BCUT2D eigenvalue weighted by molar-refractivity contribution is 5.87. The second kappa shape index (κ2) is 5.56. The molecular weight excluding hydrogens is 246 g/mol. The molecule has 0 fully saturated rings. The molecule has 100 valence electrons. The van der Waals surface area contributed by atoms with Gasteiger partial charge in [0.1, 0.15) is 24.3 Å². The Balaban J connectivity index is 2.01. The normalized spacial score (nSPS) is 10.7. The lowest BCUT2D eigenvalue weighted by Gasteiger charge is -2.04. The molecule has 0 unspecified atom stereocenters. The van der Waals surface area contributed by atoms with Crippen molar-refractivity contribution in [2.75, 3.05) is 0 Å². The van der Waals surface area contributed by atoms with Gasteiger partial charge in [-0.2, -0.15) is 0 Å². The summed E-state index contributed by atoms with van der Waals surface area (Å²) in [6.07, 6.45) is 1.55. The number of carboxylic acid groups (broad SMARTS) is 1. The third-order valence-electron chi connectivity index (χ3n) is 2.53. The first-order valence-corrected chi connectivity index (χ1v) is 5.96. The first-order chi connectivity index (χ1) is 9.06. The molecule has 0 aliphatic rings. The van der Waals surface area contributed by atoms with Gasteiger partial charge in [-0.05, 0) is 18.2 Å². The van der Waals surface area contributed by atoms with Gasteiger partial charge in [-0.3, -0.25) is 0 Å². The van der Waals surface area contributed by atoms with Crippen LogP contribution in [0.25, 0.3) is 0 Å². The van der Waals surface area contributed by atoms with E-state index in [4.69, 9.17) is 14.3 Å². The maximum Gasteiger partial charge on any atom is 0.335 e. The molecule has 0 amide bonds. The molecule has 2 rings (SSSR count). The molecule has 0 atom stereocenters. The van der Waals surface area contributed by atoms with E-state index in [9.17, 15) is 4.79 Å². The molecule has 1 aromatic carbocycles. The number of nitrogens with zero attached hydrogens (tertiary/aromatic N) is 1. The summed E-state index contributed by atoms with van der Waals surface area (Å²) in [6.45, 7) is 4.24. The van der Waals surface area contributed by atoms with E-state index in [2.05, 4.69) is 4.98 Å². The Labute approximate surface area is 110 Å². The number of aromatic carboxylic acids is 1. The molecule has 0 spiro atoms. The summed E-state index contributed by atoms with van der Waals surface area (Å²) in [5.74, 6) is 0.407. The number of hydrogen-bond donors (Lipinski definition) is 1. The molecule has 0 saturated heterocycles. The molecular formula is C14H15NO4. The molecule has 0 aliphatic heterocycles. The highest BCUT2D eigenvalue weighted by Gasteiger charge is 2.09. The zero-order valence-corrected chi connectivity index (χ0v) is 10.8. The highest BCUT2D eigenvalue weighted by Crippen LogP contribution is 2.17. The van der Waals surface area contributed by atoms with Crippen LogP contribution in [0.1, 0.15) is 41.7 Å². The van der Waals surface area contributed by atoms with E-state index in [1.165, 1.54) is 12.1 Å². The number of oxazole rings is 1. The minimum atomic E-state index is -0.978. The van der Waals surface area contributed by atoms with Gasteiger partial charge in [-0.25, -0.2) is 9.78 Å². The molecule has 5 heteroatoms. The van der Waals surface area contributed by atoms with Crippen molar-refractivity contribution in [3.8, 4) is 5.75 Å². The zero-order chi connectivity index (χ0) is 13.8. The van der Waals surface area contributed by atoms with Crippen molar-refractivity contribution in [1.29, 1.82) is 0 Å². The summed E-state index contributed by atoms with van der Waals surface area (Å²) in [7, 11) is 0. The van der Waals surface area contributed by atoms with E-state index in [1.807, 2.05) is 13.8 Å². The summed E-state index contributed by atoms with van der Waals surface area (Å²) in [5, 5.41) is 8.88. The standard InChI is InChI=1S/C14H15NO4/c1-9(2)13-15-11(8-19-13)7-18-12-5-3-4-10(6-12)14(16)17/h3-6,8-9H,7H2,1-2H3,(H,16,17). The molecule has 19 heavy (non-hydrogen) atoms. The average Bonchev–Trinajstić information content (AvgIpc) is 2.85. The van der Waals surface area contributed by atoms with Crippen molar-refractivity contribution in [3.63, 3.8) is 0 Å². The van der Waals surface area contributed by atoms with Crippen LogP contribution in [0.4, 0.5) is 0 Å². The Morgan fingerprint density at radius 2 is 2.26 bits per heavy atom. The van der Waals surface area contributed by atoms with Gasteiger partial charge < -0.3 is 14.3 Å². The number of hydrogen-bond acceptors (Lipinski definition) is 4. The number of carboxylic acids is 1. The van der Waals surface area contributed by atoms with Crippen LogP contribution in [-0.2, 0) is 6.61 Å². The van der Waals surface area contributed by atoms with E-state index in [0.717, 1.165) is 0 Å². The number of rotatable bonds is 5. The largest absolute Gasteiger partial charge is 0.487 e. The minimum absolute atomic E-state index is 0.195. The first-order valence-electron chi connectivity index (χ1n) is 5.96. The predicted molar refractivity (Wildman–Crippen MR) is 68.3 cm³/mol. The van der Waals surface area contributed by atoms with E-state index in [-0.39, 0.29) is 18.1 Å². The van der Waals surface area contributed by atoms with Crippen molar-refractivity contribution in [2.45, 2.75) is 26.4 Å². The van der Waals surface area contributed by atoms with Gasteiger partial charge in [0.25, 0.3) is 0 Å². The van der Waals surface area contributed by atoms with E-state index >= 15 is 0 Å². The fourth-order valence-electron chi connectivity index (χ4n) is 1.53. The summed E-state index contributed by atoms with van der Waals surface area (Å²) in [4.78, 5) is 15.1. The molecule has 5 nitrogen and oxygen atoms in total. The fraction of sp³-hybridized carbons (Fsp3) is 0.286. The van der Waals surface area contributed by atoms with Crippen molar-refractivity contribution >= 4 is 5.97 Å². The third kappa shape index (κ3) is 3.34. The van der Waals surface area contributed by atoms with Gasteiger partial charge in [0, 0.05) is 5.92 Å². The SMILES string of the molecule is CC(C)c1nc(COc2cccc(C(=O)O)c2)co1. The van der Waals surface area contributed by atoms with Crippen molar-refractivity contribution in [1.82, 2.24) is 4.98 Å².